The zero-order valence-corrected chi connectivity index (χ0v) is 14.2. The van der Waals surface area contributed by atoms with Crippen molar-refractivity contribution in [3.05, 3.63) is 36.3 Å². The van der Waals surface area contributed by atoms with Crippen molar-refractivity contribution in [2.75, 3.05) is 18.0 Å². The lowest BCUT2D eigenvalue weighted by molar-refractivity contribution is 0.755. The molecule has 0 saturated carbocycles. The lowest BCUT2D eigenvalue weighted by atomic mass is 10.0. The second-order valence-corrected chi connectivity index (χ2v) is 5.56. The molecule has 5 nitrogen and oxygen atoms in total. The normalized spacial score (nSPS) is 11.1. The summed E-state index contributed by atoms with van der Waals surface area (Å²) in [5.41, 5.74) is 4.36. The van der Waals surface area contributed by atoms with Crippen LogP contribution in [0.3, 0.4) is 0 Å². The zero-order chi connectivity index (χ0) is 16.4. The molecule has 0 spiro atoms. The first-order chi connectivity index (χ1) is 11.2. The van der Waals surface area contributed by atoms with Gasteiger partial charge in [-0.05, 0) is 44.0 Å². The fourth-order valence-corrected chi connectivity index (χ4v) is 3.00. The molecule has 0 aliphatic rings. The summed E-state index contributed by atoms with van der Waals surface area (Å²) in [6.45, 7) is 8.31. The average molecular weight is 309 g/mol. The average Bonchev–Trinajstić information content (AvgIpc) is 2.92. The maximum absolute atomic E-state index is 4.89. The topological polar surface area (TPSA) is 46.8 Å². The van der Waals surface area contributed by atoms with Crippen LogP contribution in [-0.4, -0.2) is 32.8 Å². The highest BCUT2D eigenvalue weighted by atomic mass is 15.4. The lowest BCUT2D eigenvalue weighted by Crippen LogP contribution is -2.22. The maximum Gasteiger partial charge on any atom is 0.160 e. The van der Waals surface area contributed by atoms with Crippen molar-refractivity contribution >= 4 is 16.9 Å². The Morgan fingerprint density at radius 3 is 2.39 bits per heavy atom. The van der Waals surface area contributed by atoms with E-state index in [4.69, 9.17) is 10.1 Å². The highest BCUT2D eigenvalue weighted by molar-refractivity contribution is 5.92. The van der Waals surface area contributed by atoms with E-state index in [-0.39, 0.29) is 0 Å². The van der Waals surface area contributed by atoms with Gasteiger partial charge in [-0.15, -0.1) is 0 Å². The quantitative estimate of drug-likeness (QED) is 0.724. The Labute approximate surface area is 137 Å². The largest absolute Gasteiger partial charge is 0.355 e. The summed E-state index contributed by atoms with van der Waals surface area (Å²) in [5.74, 6) is 1.01. The highest BCUT2D eigenvalue weighted by Gasteiger charge is 2.17. The van der Waals surface area contributed by atoms with Crippen molar-refractivity contribution in [1.82, 2.24) is 19.7 Å². The Morgan fingerprint density at radius 2 is 1.78 bits per heavy atom. The third-order valence-corrected chi connectivity index (χ3v) is 4.26. The van der Waals surface area contributed by atoms with Crippen LogP contribution in [0.15, 0.2) is 30.6 Å². The molecule has 3 aromatic rings. The molecule has 3 aromatic heterocycles. The summed E-state index contributed by atoms with van der Waals surface area (Å²) in [5, 5.41) is 5.82. The second kappa shape index (κ2) is 6.36. The first-order valence-electron chi connectivity index (χ1n) is 8.21. The van der Waals surface area contributed by atoms with E-state index < -0.39 is 0 Å². The summed E-state index contributed by atoms with van der Waals surface area (Å²) in [6.07, 6.45) is 4.54. The third-order valence-electron chi connectivity index (χ3n) is 4.26. The fourth-order valence-electron chi connectivity index (χ4n) is 3.00. The molecule has 3 rings (SSSR count). The van der Waals surface area contributed by atoms with Gasteiger partial charge in [0.1, 0.15) is 0 Å². The number of anilines is 1. The van der Waals surface area contributed by atoms with Crippen molar-refractivity contribution in [1.29, 1.82) is 0 Å². The number of pyridine rings is 2. The van der Waals surface area contributed by atoms with Crippen LogP contribution in [0.2, 0.25) is 0 Å². The molecule has 0 saturated heterocycles. The number of aromatic nitrogens is 4. The van der Waals surface area contributed by atoms with Crippen LogP contribution < -0.4 is 4.90 Å². The van der Waals surface area contributed by atoms with Gasteiger partial charge in [-0.2, -0.15) is 5.10 Å². The van der Waals surface area contributed by atoms with E-state index in [9.17, 15) is 0 Å². The van der Waals surface area contributed by atoms with Crippen LogP contribution in [-0.2, 0) is 13.5 Å². The Balaban J connectivity index is 2.27. The van der Waals surface area contributed by atoms with Gasteiger partial charge in [-0.1, -0.05) is 6.92 Å². The van der Waals surface area contributed by atoms with E-state index in [1.54, 1.807) is 0 Å². The number of hydrogen-bond acceptors (Lipinski definition) is 4. The minimum atomic E-state index is 0.888. The molecule has 0 fully saturated rings. The van der Waals surface area contributed by atoms with E-state index in [0.29, 0.717) is 0 Å². The van der Waals surface area contributed by atoms with Gasteiger partial charge in [-0.3, -0.25) is 4.98 Å². The summed E-state index contributed by atoms with van der Waals surface area (Å²) >= 11 is 0. The minimum Gasteiger partial charge on any atom is -0.355 e. The van der Waals surface area contributed by atoms with Crippen LogP contribution in [0.1, 0.15) is 26.5 Å². The van der Waals surface area contributed by atoms with Crippen LogP contribution in [0.25, 0.3) is 22.2 Å². The SMILES string of the molecule is CCc1nc2c(cc1-c1ccncc1)c(N(CC)CC)nn2C. The minimum absolute atomic E-state index is 0.888. The molecule has 0 aromatic carbocycles. The van der Waals surface area contributed by atoms with E-state index in [1.807, 2.05) is 36.3 Å². The standard InChI is InChI=1S/C18H23N5/c1-5-16-14(13-8-10-19-11-9-13)12-15-17(20-16)22(4)21-18(15)23(6-2)7-3/h8-12H,5-7H2,1-4H3. The van der Waals surface area contributed by atoms with Gasteiger partial charge < -0.3 is 4.90 Å². The van der Waals surface area contributed by atoms with Crippen molar-refractivity contribution in [2.45, 2.75) is 27.2 Å². The van der Waals surface area contributed by atoms with Crippen molar-refractivity contribution in [3.63, 3.8) is 0 Å². The Bertz CT molecular complexity index is 803. The molecule has 0 unspecified atom stereocenters. The number of aryl methyl sites for hydroxylation is 2. The summed E-state index contributed by atoms with van der Waals surface area (Å²) in [4.78, 5) is 11.3. The Kier molecular flexibility index (Phi) is 4.28. The van der Waals surface area contributed by atoms with E-state index in [2.05, 4.69) is 36.7 Å². The summed E-state index contributed by atoms with van der Waals surface area (Å²) < 4.78 is 1.89. The van der Waals surface area contributed by atoms with Gasteiger partial charge in [0, 0.05) is 38.1 Å². The zero-order valence-electron chi connectivity index (χ0n) is 14.2. The number of rotatable bonds is 5. The van der Waals surface area contributed by atoms with Gasteiger partial charge in [-0.25, -0.2) is 9.67 Å². The van der Waals surface area contributed by atoms with Crippen LogP contribution in [0.5, 0.6) is 0 Å². The monoisotopic (exact) mass is 309 g/mol. The van der Waals surface area contributed by atoms with Gasteiger partial charge >= 0.3 is 0 Å². The summed E-state index contributed by atoms with van der Waals surface area (Å²) in [7, 11) is 1.97. The van der Waals surface area contributed by atoms with Crippen molar-refractivity contribution < 1.29 is 0 Å². The number of fused-ring (bicyclic) bond motifs is 1. The molecule has 0 radical (unpaired) electrons. The highest BCUT2D eigenvalue weighted by Crippen LogP contribution is 2.31. The molecule has 0 bridgehead atoms. The predicted octanol–water partition coefficient (Wildman–Crippen LogP) is 3.44. The Hall–Kier alpha value is -2.43. The lowest BCUT2D eigenvalue weighted by Gasteiger charge is -2.18. The first-order valence-corrected chi connectivity index (χ1v) is 8.21. The molecular weight excluding hydrogens is 286 g/mol. The van der Waals surface area contributed by atoms with Crippen LogP contribution in [0.4, 0.5) is 5.82 Å². The second-order valence-electron chi connectivity index (χ2n) is 5.56. The number of hydrogen-bond donors (Lipinski definition) is 0. The molecule has 5 heteroatoms. The molecular formula is C18H23N5. The van der Waals surface area contributed by atoms with Crippen LogP contribution in [0, 0.1) is 0 Å². The van der Waals surface area contributed by atoms with Gasteiger partial charge in [0.05, 0.1) is 11.1 Å². The molecule has 0 atom stereocenters. The summed E-state index contributed by atoms with van der Waals surface area (Å²) in [6, 6.07) is 6.31. The molecule has 0 amide bonds. The molecule has 0 N–H and O–H groups in total. The van der Waals surface area contributed by atoms with Gasteiger partial charge in [0.25, 0.3) is 0 Å². The smallest absolute Gasteiger partial charge is 0.160 e. The molecule has 0 aliphatic carbocycles. The predicted molar refractivity (Wildman–Crippen MR) is 94.7 cm³/mol. The fraction of sp³-hybridized carbons (Fsp3) is 0.389. The third kappa shape index (κ3) is 2.67. The maximum atomic E-state index is 4.89. The van der Waals surface area contributed by atoms with Crippen molar-refractivity contribution in [3.8, 4) is 11.1 Å². The Morgan fingerprint density at radius 1 is 1.09 bits per heavy atom. The van der Waals surface area contributed by atoms with E-state index >= 15 is 0 Å². The molecule has 120 valence electrons. The molecule has 23 heavy (non-hydrogen) atoms. The van der Waals surface area contributed by atoms with E-state index in [0.717, 1.165) is 47.6 Å². The van der Waals surface area contributed by atoms with E-state index in [1.165, 1.54) is 5.56 Å². The van der Waals surface area contributed by atoms with Gasteiger partial charge in [0.2, 0.25) is 0 Å². The van der Waals surface area contributed by atoms with Gasteiger partial charge in [0.15, 0.2) is 11.5 Å². The van der Waals surface area contributed by atoms with Crippen LogP contribution >= 0.6 is 0 Å². The molecule has 0 aliphatic heterocycles. The van der Waals surface area contributed by atoms with Crippen molar-refractivity contribution in [2.24, 2.45) is 7.05 Å². The number of nitrogens with zero attached hydrogens (tertiary/aromatic N) is 5. The first kappa shape index (κ1) is 15.5. The molecule has 3 heterocycles.